The van der Waals surface area contributed by atoms with E-state index < -0.39 is 5.97 Å². The molecule has 21 heavy (non-hydrogen) atoms. The Labute approximate surface area is 132 Å². The largest absolute Gasteiger partial charge is 0.478 e. The lowest BCUT2D eigenvalue weighted by Crippen LogP contribution is -2.27. The van der Waals surface area contributed by atoms with Gasteiger partial charge in [-0.25, -0.2) is 4.79 Å². The number of hydrogen-bond donors (Lipinski definition) is 2. The van der Waals surface area contributed by atoms with Crippen LogP contribution in [-0.4, -0.2) is 36.7 Å². The number of rotatable bonds is 8. The second-order valence-corrected chi connectivity index (χ2v) is 6.00. The van der Waals surface area contributed by atoms with Crippen molar-refractivity contribution in [3.63, 3.8) is 0 Å². The van der Waals surface area contributed by atoms with E-state index in [0.717, 1.165) is 6.42 Å². The van der Waals surface area contributed by atoms with Crippen LogP contribution in [0.15, 0.2) is 22.7 Å². The molecule has 1 aromatic rings. The van der Waals surface area contributed by atoms with Gasteiger partial charge in [-0.15, -0.1) is 0 Å². The molecule has 0 saturated carbocycles. The summed E-state index contributed by atoms with van der Waals surface area (Å²) >= 11 is 3.20. The zero-order valence-corrected chi connectivity index (χ0v) is 13.8. The normalized spacial score (nSPS) is 10.7. The van der Waals surface area contributed by atoms with Gasteiger partial charge in [-0.3, -0.25) is 4.79 Å². The van der Waals surface area contributed by atoms with Gasteiger partial charge in [-0.05, 0) is 30.5 Å². The predicted octanol–water partition coefficient (Wildman–Crippen LogP) is 2.94. The van der Waals surface area contributed by atoms with Crippen molar-refractivity contribution < 1.29 is 19.4 Å². The third-order valence-corrected chi connectivity index (χ3v) is 3.24. The Kier molecular flexibility index (Phi) is 7.39. The Bertz CT molecular complexity index is 502. The Balaban J connectivity index is 2.43. The predicted molar refractivity (Wildman–Crippen MR) is 83.7 cm³/mol. The number of hydrogen-bond acceptors (Lipinski definition) is 3. The lowest BCUT2D eigenvalue weighted by Gasteiger charge is -2.08. The second-order valence-electron chi connectivity index (χ2n) is 5.08. The number of carbonyl (C=O) groups excluding carboxylic acids is 1. The highest BCUT2D eigenvalue weighted by atomic mass is 79.9. The summed E-state index contributed by atoms with van der Waals surface area (Å²) in [6.45, 7) is 5.76. The van der Waals surface area contributed by atoms with Gasteiger partial charge in [0.25, 0.3) is 5.91 Å². The van der Waals surface area contributed by atoms with Crippen LogP contribution in [0.2, 0.25) is 0 Å². The van der Waals surface area contributed by atoms with Gasteiger partial charge in [0, 0.05) is 23.2 Å². The summed E-state index contributed by atoms with van der Waals surface area (Å²) in [5, 5.41) is 11.7. The van der Waals surface area contributed by atoms with E-state index in [9.17, 15) is 9.59 Å². The monoisotopic (exact) mass is 357 g/mol. The van der Waals surface area contributed by atoms with Crippen LogP contribution in [0.4, 0.5) is 0 Å². The third-order valence-electron chi connectivity index (χ3n) is 2.78. The van der Waals surface area contributed by atoms with Crippen molar-refractivity contribution in [1.29, 1.82) is 0 Å². The number of carboxylic acid groups (broad SMARTS) is 1. The standard InChI is InChI=1S/C15H20BrNO4/c1-10(2)3-5-21-6-4-17-14(18)11-7-12(15(19)20)9-13(16)8-11/h7-10H,3-6H2,1-2H3,(H,17,18)(H,19,20). The van der Waals surface area contributed by atoms with E-state index in [1.54, 1.807) is 6.07 Å². The number of aromatic carboxylic acids is 1. The molecular weight excluding hydrogens is 338 g/mol. The average Bonchev–Trinajstić information content (AvgIpc) is 2.41. The number of benzene rings is 1. The molecule has 0 aliphatic rings. The Morgan fingerprint density at radius 1 is 1.24 bits per heavy atom. The van der Waals surface area contributed by atoms with E-state index in [4.69, 9.17) is 9.84 Å². The second kappa shape index (κ2) is 8.79. The molecule has 0 aromatic heterocycles. The molecule has 0 saturated heterocycles. The number of amides is 1. The van der Waals surface area contributed by atoms with Gasteiger partial charge in [0.15, 0.2) is 0 Å². The van der Waals surface area contributed by atoms with Crippen LogP contribution in [0.25, 0.3) is 0 Å². The average molecular weight is 358 g/mol. The molecule has 0 fully saturated rings. The smallest absolute Gasteiger partial charge is 0.335 e. The van der Waals surface area contributed by atoms with Gasteiger partial charge < -0.3 is 15.2 Å². The Morgan fingerprint density at radius 3 is 2.52 bits per heavy atom. The van der Waals surface area contributed by atoms with Crippen LogP contribution < -0.4 is 5.32 Å². The molecular formula is C15H20BrNO4. The SMILES string of the molecule is CC(C)CCOCCNC(=O)c1cc(Br)cc(C(=O)O)c1. The fourth-order valence-corrected chi connectivity index (χ4v) is 2.10. The summed E-state index contributed by atoms with van der Waals surface area (Å²) in [4.78, 5) is 22.9. The first-order valence-corrected chi connectivity index (χ1v) is 7.59. The van der Waals surface area contributed by atoms with Crippen LogP contribution in [0.1, 0.15) is 41.0 Å². The minimum Gasteiger partial charge on any atom is -0.478 e. The molecule has 0 atom stereocenters. The molecule has 0 bridgehead atoms. The van der Waals surface area contributed by atoms with Crippen LogP contribution in [0.3, 0.4) is 0 Å². The van der Waals surface area contributed by atoms with E-state index in [-0.39, 0.29) is 11.5 Å². The minimum absolute atomic E-state index is 0.0720. The molecule has 5 nitrogen and oxygen atoms in total. The van der Waals surface area contributed by atoms with Gasteiger partial charge >= 0.3 is 5.97 Å². The fourth-order valence-electron chi connectivity index (χ4n) is 1.60. The maximum atomic E-state index is 11.9. The Hall–Kier alpha value is -1.40. The van der Waals surface area contributed by atoms with Crippen molar-refractivity contribution in [2.24, 2.45) is 5.92 Å². The molecule has 0 aliphatic heterocycles. The van der Waals surface area contributed by atoms with Gasteiger partial charge in [-0.1, -0.05) is 29.8 Å². The molecule has 0 radical (unpaired) electrons. The van der Waals surface area contributed by atoms with Crippen LogP contribution >= 0.6 is 15.9 Å². The number of carboxylic acids is 1. The third kappa shape index (κ3) is 6.73. The maximum absolute atomic E-state index is 11.9. The summed E-state index contributed by atoms with van der Waals surface area (Å²) in [5.41, 5.74) is 0.381. The number of ether oxygens (including phenoxy) is 1. The van der Waals surface area contributed by atoms with Crippen molar-refractivity contribution >= 4 is 27.8 Å². The van der Waals surface area contributed by atoms with Crippen LogP contribution in [0, 0.1) is 5.92 Å². The number of nitrogens with one attached hydrogen (secondary N) is 1. The summed E-state index contributed by atoms with van der Waals surface area (Å²) in [5.74, 6) is -0.788. The molecule has 6 heteroatoms. The molecule has 0 aliphatic carbocycles. The van der Waals surface area contributed by atoms with E-state index in [2.05, 4.69) is 35.1 Å². The summed E-state index contributed by atoms with van der Waals surface area (Å²) in [6, 6.07) is 4.39. The lowest BCUT2D eigenvalue weighted by atomic mass is 10.1. The Morgan fingerprint density at radius 2 is 1.90 bits per heavy atom. The number of halogens is 1. The van der Waals surface area contributed by atoms with Gasteiger partial charge in [0.05, 0.1) is 12.2 Å². The van der Waals surface area contributed by atoms with E-state index in [1.807, 2.05) is 0 Å². The molecule has 0 spiro atoms. The maximum Gasteiger partial charge on any atom is 0.335 e. The van der Waals surface area contributed by atoms with E-state index >= 15 is 0 Å². The molecule has 1 amide bonds. The first kappa shape index (κ1) is 17.7. The fraction of sp³-hybridized carbons (Fsp3) is 0.467. The van der Waals surface area contributed by atoms with Crippen molar-refractivity contribution in [1.82, 2.24) is 5.32 Å². The molecule has 116 valence electrons. The van der Waals surface area contributed by atoms with Gasteiger partial charge in [-0.2, -0.15) is 0 Å². The zero-order valence-electron chi connectivity index (χ0n) is 12.2. The highest BCUT2D eigenvalue weighted by Gasteiger charge is 2.11. The quantitative estimate of drug-likeness (QED) is 0.701. The molecule has 1 rings (SSSR count). The first-order valence-electron chi connectivity index (χ1n) is 6.80. The molecule has 0 unspecified atom stereocenters. The van der Waals surface area contributed by atoms with E-state index in [1.165, 1.54) is 12.1 Å². The first-order chi connectivity index (χ1) is 9.90. The molecule has 0 heterocycles. The zero-order chi connectivity index (χ0) is 15.8. The topological polar surface area (TPSA) is 75.6 Å². The summed E-state index contributed by atoms with van der Waals surface area (Å²) < 4.78 is 5.95. The summed E-state index contributed by atoms with van der Waals surface area (Å²) in [7, 11) is 0. The van der Waals surface area contributed by atoms with Crippen molar-refractivity contribution in [3.8, 4) is 0 Å². The van der Waals surface area contributed by atoms with Crippen molar-refractivity contribution in [3.05, 3.63) is 33.8 Å². The minimum atomic E-state index is -1.07. The van der Waals surface area contributed by atoms with Crippen LogP contribution in [0.5, 0.6) is 0 Å². The van der Waals surface area contributed by atoms with Crippen LogP contribution in [-0.2, 0) is 4.74 Å². The number of carbonyl (C=O) groups is 2. The summed E-state index contributed by atoms with van der Waals surface area (Å²) in [6.07, 6.45) is 0.988. The highest BCUT2D eigenvalue weighted by molar-refractivity contribution is 9.10. The van der Waals surface area contributed by atoms with E-state index in [0.29, 0.717) is 35.7 Å². The van der Waals surface area contributed by atoms with Gasteiger partial charge in [0.1, 0.15) is 0 Å². The highest BCUT2D eigenvalue weighted by Crippen LogP contribution is 2.16. The lowest BCUT2D eigenvalue weighted by molar-refractivity contribution is 0.0696. The van der Waals surface area contributed by atoms with Crippen molar-refractivity contribution in [2.45, 2.75) is 20.3 Å². The molecule has 1 aromatic carbocycles. The molecule has 2 N–H and O–H groups in total. The van der Waals surface area contributed by atoms with Crippen molar-refractivity contribution in [2.75, 3.05) is 19.8 Å². The van der Waals surface area contributed by atoms with Gasteiger partial charge in [0.2, 0.25) is 0 Å².